The Bertz CT molecular complexity index is 1020. The molecule has 136 valence electrons. The predicted octanol–water partition coefficient (Wildman–Crippen LogP) is 3.26. The van der Waals surface area contributed by atoms with E-state index in [1.165, 1.54) is 12.3 Å². The summed E-state index contributed by atoms with van der Waals surface area (Å²) in [5.74, 6) is 0.350. The second-order valence-electron chi connectivity index (χ2n) is 5.54. The Hall–Kier alpha value is -3.07. The summed E-state index contributed by atoms with van der Waals surface area (Å²) in [4.78, 5) is 12.3. The zero-order valence-electron chi connectivity index (χ0n) is 14.1. The molecule has 0 aliphatic rings. The summed E-state index contributed by atoms with van der Waals surface area (Å²) in [5.41, 5.74) is 1.75. The summed E-state index contributed by atoms with van der Waals surface area (Å²) in [5, 5.41) is 6.42. The van der Waals surface area contributed by atoms with Crippen molar-refractivity contribution in [1.29, 1.82) is 0 Å². The van der Waals surface area contributed by atoms with Gasteiger partial charge in [-0.15, -0.1) is 0 Å². The molecule has 26 heavy (non-hydrogen) atoms. The van der Waals surface area contributed by atoms with Crippen molar-refractivity contribution in [2.45, 2.75) is 13.8 Å². The van der Waals surface area contributed by atoms with E-state index in [4.69, 9.17) is 8.94 Å². The molecule has 0 atom stereocenters. The minimum atomic E-state index is -3.36. The van der Waals surface area contributed by atoms with Gasteiger partial charge in [0.1, 0.15) is 0 Å². The SMILES string of the molecule is CCS(=O)(=O)Nc1ccc(NC(=O)c2cc(-c3ccco3)on2)cc1C. The van der Waals surface area contributed by atoms with Crippen LogP contribution < -0.4 is 10.0 Å². The Kier molecular flexibility index (Phi) is 4.81. The summed E-state index contributed by atoms with van der Waals surface area (Å²) in [7, 11) is -3.36. The number of carbonyl (C=O) groups excluding carboxylic acids is 1. The van der Waals surface area contributed by atoms with Gasteiger partial charge in [-0.1, -0.05) is 5.16 Å². The number of anilines is 2. The fourth-order valence-electron chi connectivity index (χ4n) is 2.21. The van der Waals surface area contributed by atoms with E-state index in [-0.39, 0.29) is 11.4 Å². The number of nitrogens with zero attached hydrogens (tertiary/aromatic N) is 1. The Labute approximate surface area is 150 Å². The van der Waals surface area contributed by atoms with Crippen molar-refractivity contribution in [1.82, 2.24) is 5.16 Å². The third-order valence-electron chi connectivity index (χ3n) is 3.64. The number of furan rings is 1. The van der Waals surface area contributed by atoms with E-state index < -0.39 is 15.9 Å². The number of aromatic nitrogens is 1. The van der Waals surface area contributed by atoms with Crippen LogP contribution in [0.5, 0.6) is 0 Å². The van der Waals surface area contributed by atoms with Crippen molar-refractivity contribution in [2.75, 3.05) is 15.8 Å². The molecule has 9 heteroatoms. The van der Waals surface area contributed by atoms with Crippen LogP contribution in [0.4, 0.5) is 11.4 Å². The van der Waals surface area contributed by atoms with Crippen LogP contribution in [0, 0.1) is 6.92 Å². The molecule has 0 spiro atoms. The normalized spacial score (nSPS) is 11.3. The minimum absolute atomic E-state index is 0.0188. The number of benzene rings is 1. The molecule has 2 N–H and O–H groups in total. The smallest absolute Gasteiger partial charge is 0.277 e. The molecule has 3 aromatic rings. The number of sulfonamides is 1. The van der Waals surface area contributed by atoms with Gasteiger partial charge in [-0.3, -0.25) is 9.52 Å². The topological polar surface area (TPSA) is 114 Å². The molecule has 0 saturated carbocycles. The highest BCUT2D eigenvalue weighted by atomic mass is 32.2. The van der Waals surface area contributed by atoms with Gasteiger partial charge in [-0.05, 0) is 49.7 Å². The second-order valence-corrected chi connectivity index (χ2v) is 7.55. The van der Waals surface area contributed by atoms with Gasteiger partial charge in [-0.2, -0.15) is 0 Å². The molecule has 0 radical (unpaired) electrons. The van der Waals surface area contributed by atoms with Crippen LogP contribution in [0.1, 0.15) is 23.0 Å². The van der Waals surface area contributed by atoms with Gasteiger partial charge in [0.25, 0.3) is 5.91 Å². The first kappa shape index (κ1) is 17.7. The lowest BCUT2D eigenvalue weighted by Crippen LogP contribution is -2.16. The van der Waals surface area contributed by atoms with Crippen LogP contribution in [-0.4, -0.2) is 25.2 Å². The van der Waals surface area contributed by atoms with Crippen molar-refractivity contribution in [3.05, 3.63) is 53.9 Å². The van der Waals surface area contributed by atoms with Gasteiger partial charge in [0.2, 0.25) is 15.8 Å². The van der Waals surface area contributed by atoms with Gasteiger partial charge in [0, 0.05) is 11.8 Å². The van der Waals surface area contributed by atoms with Crippen LogP contribution >= 0.6 is 0 Å². The van der Waals surface area contributed by atoms with Crippen LogP contribution in [0.15, 0.2) is 51.6 Å². The maximum absolute atomic E-state index is 12.3. The Balaban J connectivity index is 1.73. The molecule has 0 saturated heterocycles. The Morgan fingerprint density at radius 2 is 2.00 bits per heavy atom. The molecule has 1 amide bonds. The van der Waals surface area contributed by atoms with E-state index >= 15 is 0 Å². The molecule has 0 aliphatic carbocycles. The van der Waals surface area contributed by atoms with Crippen molar-refractivity contribution >= 4 is 27.3 Å². The minimum Gasteiger partial charge on any atom is -0.461 e. The van der Waals surface area contributed by atoms with Crippen LogP contribution in [0.25, 0.3) is 11.5 Å². The van der Waals surface area contributed by atoms with Crippen LogP contribution in [0.2, 0.25) is 0 Å². The molecule has 0 fully saturated rings. The molecular weight excluding hydrogens is 358 g/mol. The van der Waals surface area contributed by atoms with E-state index in [1.54, 1.807) is 44.2 Å². The van der Waals surface area contributed by atoms with Crippen molar-refractivity contribution in [3.63, 3.8) is 0 Å². The zero-order chi connectivity index (χ0) is 18.7. The standard InChI is InChI=1S/C17H17N3O5S/c1-3-26(22,23)20-13-7-6-12(9-11(13)2)18-17(21)14-10-16(25-19-14)15-5-4-8-24-15/h4-10,20H,3H2,1-2H3,(H,18,21). The molecule has 8 nitrogen and oxygen atoms in total. The van der Waals surface area contributed by atoms with E-state index in [9.17, 15) is 13.2 Å². The van der Waals surface area contributed by atoms with E-state index in [1.807, 2.05) is 0 Å². The predicted molar refractivity (Wildman–Crippen MR) is 96.4 cm³/mol. The fourth-order valence-corrected chi connectivity index (χ4v) is 2.92. The lowest BCUT2D eigenvalue weighted by Gasteiger charge is -2.11. The number of rotatable bonds is 6. The number of amides is 1. The third kappa shape index (κ3) is 3.94. The first-order valence-corrected chi connectivity index (χ1v) is 9.46. The number of carbonyl (C=O) groups is 1. The second kappa shape index (κ2) is 7.04. The lowest BCUT2D eigenvalue weighted by molar-refractivity contribution is 0.101. The number of hydrogen-bond acceptors (Lipinski definition) is 6. The highest BCUT2D eigenvalue weighted by Gasteiger charge is 2.16. The van der Waals surface area contributed by atoms with E-state index in [0.29, 0.717) is 28.5 Å². The molecule has 0 unspecified atom stereocenters. The van der Waals surface area contributed by atoms with Crippen molar-refractivity contribution in [2.24, 2.45) is 0 Å². The summed E-state index contributed by atoms with van der Waals surface area (Å²) in [6.45, 7) is 3.30. The molecule has 2 heterocycles. The first-order chi connectivity index (χ1) is 12.4. The molecule has 3 rings (SSSR count). The third-order valence-corrected chi connectivity index (χ3v) is 4.93. The number of aryl methyl sites for hydroxylation is 1. The molecule has 2 aromatic heterocycles. The fraction of sp³-hybridized carbons (Fsp3) is 0.176. The highest BCUT2D eigenvalue weighted by Crippen LogP contribution is 2.23. The monoisotopic (exact) mass is 375 g/mol. The molecule has 1 aromatic carbocycles. The van der Waals surface area contributed by atoms with Crippen LogP contribution in [0.3, 0.4) is 0 Å². The zero-order valence-corrected chi connectivity index (χ0v) is 15.0. The number of nitrogens with one attached hydrogen (secondary N) is 2. The summed E-state index contributed by atoms with van der Waals surface area (Å²) in [6, 6.07) is 9.74. The number of hydrogen-bond donors (Lipinski definition) is 2. The average molecular weight is 375 g/mol. The van der Waals surface area contributed by atoms with Gasteiger partial charge in [0.15, 0.2) is 11.5 Å². The van der Waals surface area contributed by atoms with E-state index in [0.717, 1.165) is 0 Å². The molecular formula is C17H17N3O5S. The van der Waals surface area contributed by atoms with Crippen LogP contribution in [-0.2, 0) is 10.0 Å². The summed E-state index contributed by atoms with van der Waals surface area (Å²) < 4.78 is 36.1. The highest BCUT2D eigenvalue weighted by molar-refractivity contribution is 7.92. The van der Waals surface area contributed by atoms with Crippen molar-refractivity contribution in [3.8, 4) is 11.5 Å². The van der Waals surface area contributed by atoms with Gasteiger partial charge in [0.05, 0.1) is 17.7 Å². The van der Waals surface area contributed by atoms with Crippen molar-refractivity contribution < 1.29 is 22.2 Å². The summed E-state index contributed by atoms with van der Waals surface area (Å²) >= 11 is 0. The first-order valence-electron chi connectivity index (χ1n) is 7.81. The largest absolute Gasteiger partial charge is 0.461 e. The molecule has 0 aliphatic heterocycles. The molecule has 0 bridgehead atoms. The average Bonchev–Trinajstić information content (AvgIpc) is 3.28. The van der Waals surface area contributed by atoms with Gasteiger partial charge in [-0.25, -0.2) is 8.42 Å². The Morgan fingerprint density at radius 1 is 1.19 bits per heavy atom. The lowest BCUT2D eigenvalue weighted by atomic mass is 10.2. The van der Waals surface area contributed by atoms with Gasteiger partial charge < -0.3 is 14.3 Å². The maximum Gasteiger partial charge on any atom is 0.277 e. The summed E-state index contributed by atoms with van der Waals surface area (Å²) in [6.07, 6.45) is 1.49. The van der Waals surface area contributed by atoms with E-state index in [2.05, 4.69) is 15.2 Å². The quantitative estimate of drug-likeness (QED) is 0.683. The maximum atomic E-state index is 12.3. The Morgan fingerprint density at radius 3 is 2.65 bits per heavy atom. The van der Waals surface area contributed by atoms with Gasteiger partial charge >= 0.3 is 0 Å².